The molecule has 2 aromatic rings. The normalized spacial score (nSPS) is 10.3. The summed E-state index contributed by atoms with van der Waals surface area (Å²) in [5.41, 5.74) is 7.22. The molecule has 0 radical (unpaired) electrons. The summed E-state index contributed by atoms with van der Waals surface area (Å²) in [4.78, 5) is 19.8. The highest BCUT2D eigenvalue weighted by molar-refractivity contribution is 5.97. The van der Waals surface area contributed by atoms with E-state index in [0.29, 0.717) is 18.3 Å². The average molecular weight is 276 g/mol. The number of ether oxygens (including phenoxy) is 1. The number of nitrogen functional groups attached to an aromatic ring is 1. The van der Waals surface area contributed by atoms with Gasteiger partial charge in [0.25, 0.3) is 0 Å². The van der Waals surface area contributed by atoms with Crippen LogP contribution in [-0.2, 0) is 11.3 Å². The van der Waals surface area contributed by atoms with Gasteiger partial charge in [0.2, 0.25) is 5.89 Å². The molecule has 0 atom stereocenters. The molecule has 20 heavy (non-hydrogen) atoms. The molecule has 3 N–H and O–H groups in total. The molecule has 7 nitrogen and oxygen atoms in total. The van der Waals surface area contributed by atoms with E-state index in [-0.39, 0.29) is 11.3 Å². The zero-order chi connectivity index (χ0) is 14.7. The van der Waals surface area contributed by atoms with Crippen LogP contribution in [0.4, 0.5) is 11.5 Å². The molecular weight excluding hydrogens is 260 g/mol. The molecule has 2 rings (SSSR count). The molecule has 7 heteroatoms. The fourth-order valence-electron chi connectivity index (χ4n) is 1.68. The van der Waals surface area contributed by atoms with Crippen molar-refractivity contribution >= 4 is 17.5 Å². The summed E-state index contributed by atoms with van der Waals surface area (Å²) in [5, 5.41) is 2.99. The fourth-order valence-corrected chi connectivity index (χ4v) is 1.68. The highest BCUT2D eigenvalue weighted by atomic mass is 16.5. The number of nitrogens with zero attached hydrogens (tertiary/aromatic N) is 2. The van der Waals surface area contributed by atoms with Crippen molar-refractivity contribution < 1.29 is 13.9 Å². The average Bonchev–Trinajstić information content (AvgIpc) is 2.76. The van der Waals surface area contributed by atoms with E-state index in [4.69, 9.17) is 10.2 Å². The lowest BCUT2D eigenvalue weighted by Crippen LogP contribution is -2.10. The van der Waals surface area contributed by atoms with Crippen LogP contribution in [0, 0.1) is 13.8 Å². The van der Waals surface area contributed by atoms with Gasteiger partial charge in [0.1, 0.15) is 11.6 Å². The van der Waals surface area contributed by atoms with Gasteiger partial charge in [-0.3, -0.25) is 0 Å². The number of carbonyl (C=O) groups excluding carboxylic acids is 1. The third kappa shape index (κ3) is 2.71. The van der Waals surface area contributed by atoms with Crippen LogP contribution in [-0.4, -0.2) is 23.0 Å². The van der Waals surface area contributed by atoms with Gasteiger partial charge in [-0.05, 0) is 19.9 Å². The maximum atomic E-state index is 11.5. The second kappa shape index (κ2) is 5.60. The third-order valence-electron chi connectivity index (χ3n) is 2.88. The number of aromatic nitrogens is 2. The summed E-state index contributed by atoms with van der Waals surface area (Å²) in [6.45, 7) is 4.04. The molecule has 0 spiro atoms. The molecule has 0 aliphatic heterocycles. The molecule has 2 aromatic heterocycles. The van der Waals surface area contributed by atoms with E-state index in [1.54, 1.807) is 0 Å². The maximum Gasteiger partial charge on any atom is 0.340 e. The van der Waals surface area contributed by atoms with Gasteiger partial charge in [0, 0.05) is 6.20 Å². The molecule has 0 amide bonds. The zero-order valence-electron chi connectivity index (χ0n) is 11.6. The number of oxazole rings is 1. The summed E-state index contributed by atoms with van der Waals surface area (Å²) in [7, 11) is 1.30. The standard InChI is InChI=1S/C13H16N4O3/c1-7-8(2)20-10(17-7)6-16-12-11(14)9(4-5-15-12)13(18)19-3/h4-5H,6,14H2,1-3H3,(H,15,16). The Morgan fingerprint density at radius 3 is 2.85 bits per heavy atom. The second-order valence-electron chi connectivity index (χ2n) is 4.22. The largest absolute Gasteiger partial charge is 0.465 e. The zero-order valence-corrected chi connectivity index (χ0v) is 11.6. The summed E-state index contributed by atoms with van der Waals surface area (Å²) in [6.07, 6.45) is 1.48. The second-order valence-corrected chi connectivity index (χ2v) is 4.22. The van der Waals surface area contributed by atoms with E-state index in [2.05, 4.69) is 20.0 Å². The first kappa shape index (κ1) is 13.9. The molecule has 0 unspecified atom stereocenters. The summed E-state index contributed by atoms with van der Waals surface area (Å²) in [6, 6.07) is 1.51. The Kier molecular flexibility index (Phi) is 3.88. The van der Waals surface area contributed by atoms with Crippen molar-refractivity contribution in [3.8, 4) is 0 Å². The van der Waals surface area contributed by atoms with Crippen molar-refractivity contribution in [2.75, 3.05) is 18.2 Å². The molecule has 0 fully saturated rings. The van der Waals surface area contributed by atoms with Gasteiger partial charge in [0.05, 0.1) is 30.6 Å². The summed E-state index contributed by atoms with van der Waals surface area (Å²) in [5.74, 6) is 1.19. The molecule has 2 heterocycles. The van der Waals surface area contributed by atoms with Crippen LogP contribution in [0.1, 0.15) is 27.7 Å². The first-order valence-electron chi connectivity index (χ1n) is 6.02. The van der Waals surface area contributed by atoms with Crippen molar-refractivity contribution in [2.45, 2.75) is 20.4 Å². The first-order chi connectivity index (χ1) is 9.52. The molecule has 0 aliphatic rings. The lowest BCUT2D eigenvalue weighted by atomic mass is 10.2. The number of carbonyl (C=O) groups is 1. The van der Waals surface area contributed by atoms with Crippen LogP contribution in [0.2, 0.25) is 0 Å². The number of anilines is 2. The van der Waals surface area contributed by atoms with Crippen molar-refractivity contribution in [1.82, 2.24) is 9.97 Å². The van der Waals surface area contributed by atoms with E-state index >= 15 is 0 Å². The van der Waals surface area contributed by atoms with Crippen LogP contribution >= 0.6 is 0 Å². The Bertz CT molecular complexity index is 617. The smallest absolute Gasteiger partial charge is 0.340 e. The quantitative estimate of drug-likeness (QED) is 0.818. The Balaban J connectivity index is 2.15. The number of nitrogens with one attached hydrogen (secondary N) is 1. The number of rotatable bonds is 4. The van der Waals surface area contributed by atoms with Gasteiger partial charge in [-0.1, -0.05) is 0 Å². The minimum Gasteiger partial charge on any atom is -0.465 e. The van der Waals surface area contributed by atoms with Crippen molar-refractivity contribution in [1.29, 1.82) is 0 Å². The van der Waals surface area contributed by atoms with Gasteiger partial charge in [0.15, 0.2) is 0 Å². The lowest BCUT2D eigenvalue weighted by molar-refractivity contribution is 0.0602. The van der Waals surface area contributed by atoms with Crippen molar-refractivity contribution in [2.24, 2.45) is 0 Å². The number of nitrogens with two attached hydrogens (primary N) is 1. The van der Waals surface area contributed by atoms with E-state index in [0.717, 1.165) is 11.5 Å². The minimum absolute atomic E-state index is 0.236. The number of aryl methyl sites for hydroxylation is 2. The molecule has 0 saturated heterocycles. The summed E-state index contributed by atoms with van der Waals surface area (Å²) >= 11 is 0. The van der Waals surface area contributed by atoms with Crippen LogP contribution in [0.15, 0.2) is 16.7 Å². The van der Waals surface area contributed by atoms with Gasteiger partial charge in [-0.2, -0.15) is 0 Å². The van der Waals surface area contributed by atoms with Crippen molar-refractivity contribution in [3.63, 3.8) is 0 Å². The minimum atomic E-state index is -0.504. The predicted molar refractivity (Wildman–Crippen MR) is 73.3 cm³/mol. The molecule has 106 valence electrons. The van der Waals surface area contributed by atoms with E-state index in [1.807, 2.05) is 13.8 Å². The fraction of sp³-hybridized carbons (Fsp3) is 0.308. The summed E-state index contributed by atoms with van der Waals surface area (Å²) < 4.78 is 10.1. The number of hydrogen-bond donors (Lipinski definition) is 2. The number of esters is 1. The van der Waals surface area contributed by atoms with Gasteiger partial charge in [-0.25, -0.2) is 14.8 Å². The van der Waals surface area contributed by atoms with Gasteiger partial charge < -0.3 is 20.2 Å². The molecule has 0 bridgehead atoms. The highest BCUT2D eigenvalue weighted by Crippen LogP contribution is 2.21. The predicted octanol–water partition coefficient (Wildman–Crippen LogP) is 1.67. The molecule has 0 aromatic carbocycles. The lowest BCUT2D eigenvalue weighted by Gasteiger charge is -2.09. The van der Waals surface area contributed by atoms with E-state index in [1.165, 1.54) is 19.4 Å². The van der Waals surface area contributed by atoms with Crippen molar-refractivity contribution in [3.05, 3.63) is 35.2 Å². The van der Waals surface area contributed by atoms with Crippen LogP contribution < -0.4 is 11.1 Å². The van der Waals surface area contributed by atoms with Gasteiger partial charge in [-0.15, -0.1) is 0 Å². The van der Waals surface area contributed by atoms with E-state index in [9.17, 15) is 4.79 Å². The molecule has 0 saturated carbocycles. The topological polar surface area (TPSA) is 103 Å². The molecule has 0 aliphatic carbocycles. The number of methoxy groups -OCH3 is 1. The van der Waals surface area contributed by atoms with E-state index < -0.39 is 5.97 Å². The number of pyridine rings is 1. The molecular formula is C13H16N4O3. The Morgan fingerprint density at radius 2 is 2.25 bits per heavy atom. The Labute approximate surface area is 116 Å². The Hall–Kier alpha value is -2.57. The van der Waals surface area contributed by atoms with Gasteiger partial charge >= 0.3 is 5.97 Å². The SMILES string of the molecule is COC(=O)c1ccnc(NCc2nc(C)c(C)o2)c1N. The van der Waals surface area contributed by atoms with Crippen LogP contribution in [0.3, 0.4) is 0 Å². The maximum absolute atomic E-state index is 11.5. The number of hydrogen-bond acceptors (Lipinski definition) is 7. The first-order valence-corrected chi connectivity index (χ1v) is 6.02. The monoisotopic (exact) mass is 276 g/mol. The Morgan fingerprint density at radius 1 is 1.50 bits per heavy atom. The highest BCUT2D eigenvalue weighted by Gasteiger charge is 2.14. The van der Waals surface area contributed by atoms with Crippen LogP contribution in [0.5, 0.6) is 0 Å². The van der Waals surface area contributed by atoms with Crippen LogP contribution in [0.25, 0.3) is 0 Å². The third-order valence-corrected chi connectivity index (χ3v) is 2.88.